The summed E-state index contributed by atoms with van der Waals surface area (Å²) in [5, 5.41) is 27.0. The van der Waals surface area contributed by atoms with Crippen molar-refractivity contribution in [2.75, 3.05) is 7.11 Å². The highest BCUT2D eigenvalue weighted by Crippen LogP contribution is 2.48. The Morgan fingerprint density at radius 3 is 2.62 bits per heavy atom. The molecule has 2 heterocycles. The number of aromatic hydroxyl groups is 2. The topological polar surface area (TPSA) is 74.5 Å². The molecule has 0 bridgehead atoms. The Kier molecular flexibility index (Phi) is 4.05. The first kappa shape index (κ1) is 17.4. The van der Waals surface area contributed by atoms with Crippen molar-refractivity contribution in [3.63, 3.8) is 0 Å². The first-order valence-corrected chi connectivity index (χ1v) is 9.42. The first-order chi connectivity index (χ1) is 14.2. The fraction of sp³-hybridized carbons (Fsp3) is 0.174. The predicted octanol–water partition coefficient (Wildman–Crippen LogP) is 4.35. The quantitative estimate of drug-likeness (QED) is 0.698. The summed E-state index contributed by atoms with van der Waals surface area (Å²) in [6.45, 7) is 0. The Labute approximate surface area is 168 Å². The van der Waals surface area contributed by atoms with Gasteiger partial charge in [-0.15, -0.1) is 0 Å². The Bertz CT molecular complexity index is 1110. The summed E-state index contributed by atoms with van der Waals surface area (Å²) >= 11 is 0. The zero-order chi connectivity index (χ0) is 20.0. The molecule has 0 saturated heterocycles. The largest absolute Gasteiger partial charge is 0.507 e. The summed E-state index contributed by atoms with van der Waals surface area (Å²) < 4.78 is 11.6. The van der Waals surface area contributed by atoms with E-state index in [9.17, 15) is 10.2 Å². The zero-order valence-corrected chi connectivity index (χ0v) is 15.8. The molecule has 0 fully saturated rings. The summed E-state index contributed by atoms with van der Waals surface area (Å²) in [6, 6.07) is 20.3. The minimum Gasteiger partial charge on any atom is -0.507 e. The molecule has 146 valence electrons. The van der Waals surface area contributed by atoms with Crippen molar-refractivity contribution in [3.8, 4) is 23.0 Å². The molecule has 2 N–H and O–H groups in total. The van der Waals surface area contributed by atoms with Crippen LogP contribution in [0.2, 0.25) is 0 Å². The van der Waals surface area contributed by atoms with E-state index in [0.717, 1.165) is 28.2 Å². The summed E-state index contributed by atoms with van der Waals surface area (Å²) in [5.41, 5.74) is 3.41. The van der Waals surface area contributed by atoms with Crippen molar-refractivity contribution in [1.29, 1.82) is 0 Å². The van der Waals surface area contributed by atoms with E-state index >= 15 is 0 Å². The smallest absolute Gasteiger partial charge is 0.214 e. The second-order valence-corrected chi connectivity index (χ2v) is 7.10. The lowest BCUT2D eigenvalue weighted by Crippen LogP contribution is -2.33. The molecule has 0 aromatic heterocycles. The van der Waals surface area contributed by atoms with Crippen LogP contribution in [0, 0.1) is 0 Å². The number of methoxy groups -OCH3 is 1. The van der Waals surface area contributed by atoms with Gasteiger partial charge in [0.15, 0.2) is 11.5 Å². The fourth-order valence-electron chi connectivity index (χ4n) is 3.98. The molecule has 0 amide bonds. The third kappa shape index (κ3) is 2.84. The highest BCUT2D eigenvalue weighted by atomic mass is 16.5. The molecule has 2 aliphatic heterocycles. The van der Waals surface area contributed by atoms with E-state index in [1.165, 1.54) is 7.11 Å². The molecule has 0 spiro atoms. The molecule has 3 aromatic rings. The van der Waals surface area contributed by atoms with E-state index < -0.39 is 6.23 Å². The Morgan fingerprint density at radius 2 is 1.79 bits per heavy atom. The molecule has 6 heteroatoms. The van der Waals surface area contributed by atoms with Gasteiger partial charge in [-0.25, -0.2) is 5.01 Å². The standard InChI is InChI=1S/C23H20N2O4/c1-28-22-12-14(10-11-20(22)27)23-25-18(16-7-3-5-9-21(16)29-23)13-17(24-25)15-6-2-4-8-19(15)26/h2-12,18,23,26-27H,13H2,1H3. The molecular weight excluding hydrogens is 368 g/mol. The van der Waals surface area contributed by atoms with E-state index in [-0.39, 0.29) is 17.5 Å². The van der Waals surface area contributed by atoms with Crippen LogP contribution in [0.4, 0.5) is 0 Å². The normalized spacial score (nSPS) is 19.8. The van der Waals surface area contributed by atoms with Gasteiger partial charge in [0.25, 0.3) is 0 Å². The molecule has 6 nitrogen and oxygen atoms in total. The number of hydrogen-bond acceptors (Lipinski definition) is 6. The fourth-order valence-corrected chi connectivity index (χ4v) is 3.98. The Balaban J connectivity index is 1.61. The van der Waals surface area contributed by atoms with Gasteiger partial charge in [-0.2, -0.15) is 5.10 Å². The van der Waals surface area contributed by atoms with E-state index in [0.29, 0.717) is 12.2 Å². The van der Waals surface area contributed by atoms with Crippen LogP contribution in [-0.2, 0) is 0 Å². The van der Waals surface area contributed by atoms with Crippen molar-refractivity contribution in [2.24, 2.45) is 5.10 Å². The lowest BCUT2D eigenvalue weighted by molar-refractivity contribution is -0.0191. The number of fused-ring (bicyclic) bond motifs is 3. The molecule has 2 aliphatic rings. The first-order valence-electron chi connectivity index (χ1n) is 9.42. The lowest BCUT2D eigenvalue weighted by atomic mass is 9.95. The van der Waals surface area contributed by atoms with Crippen LogP contribution in [0.1, 0.15) is 35.4 Å². The molecule has 29 heavy (non-hydrogen) atoms. The third-order valence-corrected chi connectivity index (χ3v) is 5.40. The molecule has 0 saturated carbocycles. The van der Waals surface area contributed by atoms with Crippen LogP contribution in [0.15, 0.2) is 71.8 Å². The number of phenols is 2. The highest BCUT2D eigenvalue weighted by Gasteiger charge is 2.41. The monoisotopic (exact) mass is 388 g/mol. The van der Waals surface area contributed by atoms with Crippen molar-refractivity contribution < 1.29 is 19.7 Å². The van der Waals surface area contributed by atoms with Crippen LogP contribution in [0.3, 0.4) is 0 Å². The van der Waals surface area contributed by atoms with Crippen LogP contribution in [0.25, 0.3) is 0 Å². The van der Waals surface area contributed by atoms with E-state index in [1.54, 1.807) is 30.3 Å². The summed E-state index contributed by atoms with van der Waals surface area (Å²) in [5.74, 6) is 1.47. The van der Waals surface area contributed by atoms with Crippen LogP contribution in [-0.4, -0.2) is 28.0 Å². The molecule has 5 rings (SSSR count). The van der Waals surface area contributed by atoms with Gasteiger partial charge in [0, 0.05) is 23.1 Å². The van der Waals surface area contributed by atoms with Crippen molar-refractivity contribution in [2.45, 2.75) is 18.7 Å². The maximum atomic E-state index is 10.3. The second kappa shape index (κ2) is 6.74. The van der Waals surface area contributed by atoms with Crippen LogP contribution < -0.4 is 9.47 Å². The number of nitrogens with zero attached hydrogens (tertiary/aromatic N) is 2. The van der Waals surface area contributed by atoms with Gasteiger partial charge < -0.3 is 19.7 Å². The van der Waals surface area contributed by atoms with Gasteiger partial charge in [-0.05, 0) is 36.4 Å². The van der Waals surface area contributed by atoms with Gasteiger partial charge in [0.2, 0.25) is 6.23 Å². The van der Waals surface area contributed by atoms with Gasteiger partial charge >= 0.3 is 0 Å². The Hall–Kier alpha value is -3.67. The maximum Gasteiger partial charge on any atom is 0.214 e. The number of phenolic OH excluding ortho intramolecular Hbond substituents is 2. The van der Waals surface area contributed by atoms with Crippen LogP contribution in [0.5, 0.6) is 23.0 Å². The highest BCUT2D eigenvalue weighted by molar-refractivity contribution is 6.04. The summed E-state index contributed by atoms with van der Waals surface area (Å²) in [4.78, 5) is 0. The summed E-state index contributed by atoms with van der Waals surface area (Å²) in [6.07, 6.45) is 0.177. The number of para-hydroxylation sites is 2. The molecule has 2 unspecified atom stereocenters. The van der Waals surface area contributed by atoms with E-state index in [4.69, 9.17) is 14.6 Å². The minimum absolute atomic E-state index is 0.0145. The van der Waals surface area contributed by atoms with Crippen LogP contribution >= 0.6 is 0 Å². The summed E-state index contributed by atoms with van der Waals surface area (Å²) in [7, 11) is 1.52. The van der Waals surface area contributed by atoms with Crippen molar-refractivity contribution in [1.82, 2.24) is 5.01 Å². The molecule has 3 aromatic carbocycles. The van der Waals surface area contributed by atoms with Gasteiger partial charge in [0.1, 0.15) is 11.5 Å². The number of rotatable bonds is 3. The molecule has 2 atom stereocenters. The van der Waals surface area contributed by atoms with Gasteiger partial charge in [-0.3, -0.25) is 0 Å². The van der Waals surface area contributed by atoms with Crippen molar-refractivity contribution >= 4 is 5.71 Å². The van der Waals surface area contributed by atoms with E-state index in [2.05, 4.69) is 0 Å². The zero-order valence-electron chi connectivity index (χ0n) is 15.8. The minimum atomic E-state index is -0.479. The van der Waals surface area contributed by atoms with Gasteiger partial charge in [-0.1, -0.05) is 30.3 Å². The number of ether oxygens (including phenoxy) is 2. The Morgan fingerprint density at radius 1 is 1.00 bits per heavy atom. The number of benzene rings is 3. The molecule has 0 radical (unpaired) electrons. The van der Waals surface area contributed by atoms with Crippen molar-refractivity contribution in [3.05, 3.63) is 83.4 Å². The molecular formula is C23H20N2O4. The average molecular weight is 388 g/mol. The third-order valence-electron chi connectivity index (χ3n) is 5.40. The molecule has 0 aliphatic carbocycles. The van der Waals surface area contributed by atoms with Gasteiger partial charge in [0.05, 0.1) is 18.9 Å². The number of hydrogen-bond donors (Lipinski definition) is 2. The van der Waals surface area contributed by atoms with E-state index in [1.807, 2.05) is 41.4 Å². The predicted molar refractivity (Wildman–Crippen MR) is 108 cm³/mol. The second-order valence-electron chi connectivity index (χ2n) is 7.10. The SMILES string of the molecule is COc1cc(C2Oc3ccccc3C3CC(c4ccccc4O)=NN32)ccc1O. The maximum absolute atomic E-state index is 10.3. The number of hydrazone groups is 1. The lowest BCUT2D eigenvalue weighted by Gasteiger charge is -2.38. The average Bonchev–Trinajstić information content (AvgIpc) is 3.19.